The lowest BCUT2D eigenvalue weighted by atomic mass is 9.90. The van der Waals surface area contributed by atoms with Gasteiger partial charge in [-0.25, -0.2) is 0 Å². The van der Waals surface area contributed by atoms with E-state index in [0.29, 0.717) is 33.4 Å². The van der Waals surface area contributed by atoms with Crippen LogP contribution in [0.5, 0.6) is 0 Å². The second-order valence-electron chi connectivity index (χ2n) is 20.0. The van der Waals surface area contributed by atoms with Gasteiger partial charge in [0.25, 0.3) is 0 Å². The van der Waals surface area contributed by atoms with Gasteiger partial charge >= 0.3 is 6.18 Å². The molecule has 0 spiro atoms. The zero-order chi connectivity index (χ0) is 51.7. The van der Waals surface area contributed by atoms with Crippen LogP contribution in [0.4, 0.5) is 13.2 Å². The molecular weight excluding hydrogens is 956 g/mol. The van der Waals surface area contributed by atoms with Crippen LogP contribution in [-0.4, -0.2) is 18.3 Å². The molecule has 15 rings (SSSR count). The SMILES string of the molecule is Cc1cc(-c2ccc(-n3c4ccccc4c4c3ccc3c5ccccc5n(-c5ccccc5)c34)cc2-c2cc(C#N)ccc2-n2c3ccccc3c3c2ccc2c4ccccc4n(-c4ccccc4)c23)cc(C(F)(F)F)c1. The van der Waals surface area contributed by atoms with Gasteiger partial charge < -0.3 is 18.3 Å². The maximum absolute atomic E-state index is 14.9. The average Bonchev–Trinajstić information content (AvgIpc) is 4.41. The van der Waals surface area contributed by atoms with Crippen LogP contribution in [0.1, 0.15) is 16.7 Å². The third kappa shape index (κ3) is 6.60. The van der Waals surface area contributed by atoms with Crippen molar-refractivity contribution in [2.45, 2.75) is 13.1 Å². The summed E-state index contributed by atoms with van der Waals surface area (Å²) < 4.78 is 53.8. The fourth-order valence-electron chi connectivity index (χ4n) is 12.5. The maximum atomic E-state index is 14.9. The van der Waals surface area contributed by atoms with Crippen LogP contribution in [0, 0.1) is 18.3 Å². The third-order valence-corrected chi connectivity index (χ3v) is 15.6. The minimum absolute atomic E-state index is 0.416. The monoisotopic (exact) mass is 997 g/mol. The van der Waals surface area contributed by atoms with Crippen molar-refractivity contribution in [3.8, 4) is 51.1 Å². The Morgan fingerprint density at radius 2 is 0.857 bits per heavy atom. The number of nitrogens with zero attached hydrogens (tertiary/aromatic N) is 5. The normalized spacial score (nSPS) is 12.1. The molecule has 0 aliphatic rings. The first-order valence-electron chi connectivity index (χ1n) is 25.6. The first-order valence-corrected chi connectivity index (χ1v) is 25.6. The molecule has 0 radical (unpaired) electrons. The summed E-state index contributed by atoms with van der Waals surface area (Å²) in [5.74, 6) is 0. The standard InChI is InChI=1S/C69H42F3N5/c1-42-36-44(39-45(37-42)69(70,71)72)49-30-29-48(74-60-26-14-10-22-54(60)65-63(74)34-31-52-50-20-8-12-24-58(50)75(67(52)65)46-16-4-2-5-17-46)40-56(49)57-38-43(41-73)28-33-62(57)77-61-27-15-11-23-55(61)66-64(77)35-32-53-51-21-9-13-25-59(51)76(68(53)66)47-18-6-3-7-19-47/h2-40H,1H3. The second-order valence-corrected chi connectivity index (χ2v) is 20.0. The Morgan fingerprint density at radius 3 is 1.40 bits per heavy atom. The summed E-state index contributed by atoms with van der Waals surface area (Å²) in [6.07, 6.45) is -4.58. The van der Waals surface area contributed by atoms with E-state index < -0.39 is 11.7 Å². The van der Waals surface area contributed by atoms with Gasteiger partial charge in [-0.2, -0.15) is 18.4 Å². The largest absolute Gasteiger partial charge is 0.416 e. The van der Waals surface area contributed by atoms with Gasteiger partial charge in [-0.3, -0.25) is 0 Å². The van der Waals surface area contributed by atoms with Gasteiger partial charge in [-0.15, -0.1) is 0 Å². The van der Waals surface area contributed by atoms with E-state index in [1.54, 1.807) is 6.92 Å². The van der Waals surface area contributed by atoms with Crippen molar-refractivity contribution >= 4 is 87.2 Å². The first kappa shape index (κ1) is 44.4. The topological polar surface area (TPSA) is 43.5 Å². The Morgan fingerprint density at radius 1 is 0.364 bits per heavy atom. The highest BCUT2D eigenvalue weighted by atomic mass is 19.4. The van der Waals surface area contributed by atoms with Crippen LogP contribution in [0.2, 0.25) is 0 Å². The summed E-state index contributed by atoms with van der Waals surface area (Å²) in [7, 11) is 0. The summed E-state index contributed by atoms with van der Waals surface area (Å²) in [5, 5.41) is 19.5. The fourth-order valence-corrected chi connectivity index (χ4v) is 12.5. The van der Waals surface area contributed by atoms with Crippen LogP contribution in [0.25, 0.3) is 132 Å². The van der Waals surface area contributed by atoms with E-state index in [2.05, 4.69) is 188 Å². The highest BCUT2D eigenvalue weighted by Gasteiger charge is 2.32. The smallest absolute Gasteiger partial charge is 0.309 e. The molecule has 0 saturated carbocycles. The van der Waals surface area contributed by atoms with Crippen LogP contribution in [-0.2, 0) is 6.18 Å². The average molecular weight is 998 g/mol. The summed E-state index contributed by atoms with van der Waals surface area (Å²) in [6, 6.07) is 81.9. The van der Waals surface area contributed by atoms with E-state index in [9.17, 15) is 18.4 Å². The number of halogens is 3. The summed E-state index contributed by atoms with van der Waals surface area (Å²) >= 11 is 0. The number of alkyl halides is 3. The fraction of sp³-hybridized carbons (Fsp3) is 0.0290. The van der Waals surface area contributed by atoms with Gasteiger partial charge in [0.05, 0.1) is 67.0 Å². The highest BCUT2D eigenvalue weighted by Crippen LogP contribution is 2.48. The Labute approximate surface area is 439 Å². The molecule has 0 atom stereocenters. The minimum atomic E-state index is -4.58. The lowest BCUT2D eigenvalue weighted by Crippen LogP contribution is -2.06. The minimum Gasteiger partial charge on any atom is -0.309 e. The van der Waals surface area contributed by atoms with Crippen LogP contribution in [0.15, 0.2) is 237 Å². The Bertz CT molecular complexity index is 4990. The molecular formula is C69H42F3N5. The lowest BCUT2D eigenvalue weighted by molar-refractivity contribution is -0.137. The predicted octanol–water partition coefficient (Wildman–Crippen LogP) is 18.6. The lowest BCUT2D eigenvalue weighted by Gasteiger charge is -2.20. The molecule has 0 aliphatic carbocycles. The van der Waals surface area contributed by atoms with Gasteiger partial charge in [-0.1, -0.05) is 133 Å². The second kappa shape index (κ2) is 16.7. The summed E-state index contributed by atoms with van der Waals surface area (Å²) in [5.41, 5.74) is 14.4. The quantitative estimate of drug-likeness (QED) is 0.164. The molecule has 5 nitrogen and oxygen atoms in total. The molecule has 77 heavy (non-hydrogen) atoms. The molecule has 0 bridgehead atoms. The molecule has 0 amide bonds. The van der Waals surface area contributed by atoms with E-state index in [0.717, 1.165) is 110 Å². The predicted molar refractivity (Wildman–Crippen MR) is 309 cm³/mol. The van der Waals surface area contributed by atoms with Gasteiger partial charge in [0.1, 0.15) is 0 Å². The first-order chi connectivity index (χ1) is 37.7. The number of aryl methyl sites for hydroxylation is 1. The van der Waals surface area contributed by atoms with Gasteiger partial charge in [0.2, 0.25) is 0 Å². The van der Waals surface area contributed by atoms with Gasteiger partial charge in [0.15, 0.2) is 0 Å². The molecule has 4 aromatic heterocycles. The van der Waals surface area contributed by atoms with Crippen molar-refractivity contribution in [2.75, 3.05) is 0 Å². The molecule has 11 aromatic carbocycles. The summed E-state index contributed by atoms with van der Waals surface area (Å²) in [4.78, 5) is 0. The number of aromatic nitrogens is 4. The highest BCUT2D eigenvalue weighted by molar-refractivity contribution is 6.28. The Kier molecular flexibility index (Phi) is 9.63. The third-order valence-electron chi connectivity index (χ3n) is 15.6. The number of fused-ring (bicyclic) bond motifs is 14. The van der Waals surface area contributed by atoms with Crippen molar-refractivity contribution in [1.29, 1.82) is 5.26 Å². The number of benzene rings is 11. The number of hydrogen-bond acceptors (Lipinski definition) is 1. The van der Waals surface area contributed by atoms with E-state index in [1.807, 2.05) is 60.7 Å². The van der Waals surface area contributed by atoms with Crippen LogP contribution >= 0.6 is 0 Å². The van der Waals surface area contributed by atoms with Crippen molar-refractivity contribution in [3.63, 3.8) is 0 Å². The van der Waals surface area contributed by atoms with E-state index in [1.165, 1.54) is 12.1 Å². The van der Waals surface area contributed by atoms with E-state index in [4.69, 9.17) is 0 Å². The number of rotatable bonds is 6. The van der Waals surface area contributed by atoms with Crippen molar-refractivity contribution < 1.29 is 13.2 Å². The number of hydrogen-bond donors (Lipinski definition) is 0. The van der Waals surface area contributed by atoms with Crippen molar-refractivity contribution in [3.05, 3.63) is 253 Å². The van der Waals surface area contributed by atoms with Crippen molar-refractivity contribution in [1.82, 2.24) is 18.3 Å². The van der Waals surface area contributed by atoms with Gasteiger partial charge in [-0.05, 0) is 132 Å². The molecule has 0 N–H and O–H groups in total. The zero-order valence-electron chi connectivity index (χ0n) is 41.4. The molecule has 0 unspecified atom stereocenters. The number of nitriles is 1. The van der Waals surface area contributed by atoms with Crippen LogP contribution in [0.3, 0.4) is 0 Å². The Hall–Kier alpha value is -10.1. The maximum Gasteiger partial charge on any atom is 0.416 e. The Balaban J connectivity index is 1.06. The van der Waals surface area contributed by atoms with E-state index in [-0.39, 0.29) is 0 Å². The molecule has 0 saturated heterocycles. The molecule has 0 aliphatic heterocycles. The number of para-hydroxylation sites is 6. The summed E-state index contributed by atoms with van der Waals surface area (Å²) in [6.45, 7) is 1.70. The van der Waals surface area contributed by atoms with Crippen molar-refractivity contribution in [2.24, 2.45) is 0 Å². The molecule has 8 heteroatoms. The molecule has 0 fully saturated rings. The van der Waals surface area contributed by atoms with Crippen LogP contribution < -0.4 is 0 Å². The van der Waals surface area contributed by atoms with E-state index >= 15 is 0 Å². The zero-order valence-corrected chi connectivity index (χ0v) is 41.4. The molecule has 364 valence electrons. The molecule has 4 heterocycles. The van der Waals surface area contributed by atoms with Gasteiger partial charge in [0, 0.05) is 65.7 Å². The molecule has 15 aromatic rings.